The van der Waals surface area contributed by atoms with Crippen LogP contribution in [0.3, 0.4) is 0 Å². The van der Waals surface area contributed by atoms with Gasteiger partial charge in [0.25, 0.3) is 5.56 Å². The van der Waals surface area contributed by atoms with Gasteiger partial charge in [-0.05, 0) is 25.5 Å². The molecule has 0 radical (unpaired) electrons. The number of aryl methyl sites for hydroxylation is 1. The van der Waals surface area contributed by atoms with Crippen LogP contribution in [0.25, 0.3) is 10.9 Å². The highest BCUT2D eigenvalue weighted by atomic mass is 32.2. The first-order chi connectivity index (χ1) is 10.7. The van der Waals surface area contributed by atoms with Crippen molar-refractivity contribution in [3.63, 3.8) is 0 Å². The fourth-order valence-corrected chi connectivity index (χ4v) is 3.21. The number of hydrogen-bond donors (Lipinski definition) is 0. The number of rotatable bonds is 5. The third-order valence-corrected chi connectivity index (χ3v) is 4.31. The molecular weight excluding hydrogens is 298 g/mol. The third-order valence-electron chi connectivity index (χ3n) is 3.30. The highest BCUT2D eigenvalue weighted by Gasteiger charge is 2.12. The molecule has 1 aromatic carbocycles. The van der Waals surface area contributed by atoms with Crippen LogP contribution in [0, 0.1) is 6.92 Å². The maximum Gasteiger partial charge on any atom is 0.262 e. The van der Waals surface area contributed by atoms with Gasteiger partial charge in [-0.2, -0.15) is 0 Å². The number of nitrogens with zero attached hydrogens (tertiary/aromatic N) is 3. The van der Waals surface area contributed by atoms with E-state index in [1.807, 2.05) is 37.3 Å². The summed E-state index contributed by atoms with van der Waals surface area (Å²) in [6, 6.07) is 9.36. The third kappa shape index (κ3) is 2.92. The summed E-state index contributed by atoms with van der Waals surface area (Å²) in [6.07, 6.45) is 0.885. The van der Waals surface area contributed by atoms with Crippen LogP contribution in [0.4, 0.5) is 0 Å². The number of para-hydroxylation sites is 1. The van der Waals surface area contributed by atoms with Crippen molar-refractivity contribution in [2.24, 2.45) is 0 Å². The van der Waals surface area contributed by atoms with Gasteiger partial charge in [-0.25, -0.2) is 4.98 Å². The largest absolute Gasteiger partial charge is 0.361 e. The summed E-state index contributed by atoms with van der Waals surface area (Å²) in [6.45, 7) is 4.58. The minimum atomic E-state index is 0.0197. The second kappa shape index (κ2) is 6.36. The van der Waals surface area contributed by atoms with Gasteiger partial charge in [0.2, 0.25) is 0 Å². The summed E-state index contributed by atoms with van der Waals surface area (Å²) in [7, 11) is 0. The lowest BCUT2D eigenvalue weighted by Gasteiger charge is -2.11. The monoisotopic (exact) mass is 315 g/mol. The van der Waals surface area contributed by atoms with Crippen LogP contribution in [-0.4, -0.2) is 14.7 Å². The summed E-state index contributed by atoms with van der Waals surface area (Å²) >= 11 is 1.51. The van der Waals surface area contributed by atoms with Gasteiger partial charge in [0.1, 0.15) is 5.76 Å². The molecule has 0 amide bonds. The molecule has 6 heteroatoms. The molecule has 3 aromatic rings. The number of thioether (sulfide) groups is 1. The van der Waals surface area contributed by atoms with Gasteiger partial charge in [-0.15, -0.1) is 0 Å². The molecule has 2 heterocycles. The Labute approximate surface area is 132 Å². The van der Waals surface area contributed by atoms with Crippen molar-refractivity contribution in [3.05, 3.63) is 52.1 Å². The molecule has 0 aliphatic rings. The number of aromatic nitrogens is 3. The zero-order valence-corrected chi connectivity index (χ0v) is 13.4. The van der Waals surface area contributed by atoms with E-state index in [4.69, 9.17) is 4.52 Å². The maximum atomic E-state index is 12.6. The van der Waals surface area contributed by atoms with E-state index in [-0.39, 0.29) is 5.56 Å². The molecule has 0 saturated carbocycles. The lowest BCUT2D eigenvalue weighted by Crippen LogP contribution is -2.23. The first-order valence-corrected chi connectivity index (χ1v) is 8.22. The Balaban J connectivity index is 1.99. The minimum absolute atomic E-state index is 0.0197. The molecule has 0 unspecified atom stereocenters. The van der Waals surface area contributed by atoms with Gasteiger partial charge in [0.05, 0.1) is 16.6 Å². The Kier molecular flexibility index (Phi) is 4.29. The molecule has 0 saturated heterocycles. The molecule has 0 spiro atoms. The fraction of sp³-hybridized carbons (Fsp3) is 0.312. The van der Waals surface area contributed by atoms with E-state index >= 15 is 0 Å². The quantitative estimate of drug-likeness (QED) is 0.533. The van der Waals surface area contributed by atoms with Crippen molar-refractivity contribution in [2.45, 2.75) is 37.7 Å². The Morgan fingerprint density at radius 1 is 1.32 bits per heavy atom. The van der Waals surface area contributed by atoms with Crippen molar-refractivity contribution < 1.29 is 4.52 Å². The van der Waals surface area contributed by atoms with Gasteiger partial charge in [-0.1, -0.05) is 36.0 Å². The van der Waals surface area contributed by atoms with Crippen molar-refractivity contribution in [1.82, 2.24) is 14.7 Å². The molecule has 0 N–H and O–H groups in total. The highest BCUT2D eigenvalue weighted by molar-refractivity contribution is 7.98. The van der Waals surface area contributed by atoms with E-state index in [9.17, 15) is 4.79 Å². The van der Waals surface area contributed by atoms with Crippen LogP contribution in [-0.2, 0) is 12.3 Å². The molecule has 114 valence electrons. The van der Waals surface area contributed by atoms with E-state index in [0.29, 0.717) is 17.7 Å². The van der Waals surface area contributed by atoms with Gasteiger partial charge in [0.15, 0.2) is 5.16 Å². The summed E-state index contributed by atoms with van der Waals surface area (Å²) in [4.78, 5) is 17.3. The molecule has 0 bridgehead atoms. The summed E-state index contributed by atoms with van der Waals surface area (Å²) in [5, 5.41) is 5.37. The molecule has 0 atom stereocenters. The van der Waals surface area contributed by atoms with Crippen LogP contribution in [0.15, 0.2) is 44.8 Å². The van der Waals surface area contributed by atoms with Crippen LogP contribution in [0.1, 0.15) is 24.8 Å². The smallest absolute Gasteiger partial charge is 0.262 e. The molecule has 0 aliphatic heterocycles. The van der Waals surface area contributed by atoms with E-state index in [2.05, 4.69) is 17.1 Å². The normalized spacial score (nSPS) is 11.2. The average Bonchev–Trinajstić information content (AvgIpc) is 2.94. The van der Waals surface area contributed by atoms with Crippen LogP contribution < -0.4 is 5.56 Å². The van der Waals surface area contributed by atoms with Crippen LogP contribution in [0.2, 0.25) is 0 Å². The zero-order chi connectivity index (χ0) is 15.5. The highest BCUT2D eigenvalue weighted by Crippen LogP contribution is 2.22. The topological polar surface area (TPSA) is 60.9 Å². The first-order valence-electron chi connectivity index (χ1n) is 7.23. The van der Waals surface area contributed by atoms with E-state index in [1.54, 1.807) is 4.57 Å². The van der Waals surface area contributed by atoms with Gasteiger partial charge < -0.3 is 4.52 Å². The molecule has 0 aliphatic carbocycles. The van der Waals surface area contributed by atoms with E-state index in [0.717, 1.165) is 28.5 Å². The average molecular weight is 315 g/mol. The first kappa shape index (κ1) is 14.8. The van der Waals surface area contributed by atoms with Crippen LogP contribution >= 0.6 is 11.8 Å². The second-order valence-electron chi connectivity index (χ2n) is 5.09. The zero-order valence-electron chi connectivity index (χ0n) is 12.6. The molecule has 3 rings (SSSR count). The second-order valence-corrected chi connectivity index (χ2v) is 6.03. The summed E-state index contributed by atoms with van der Waals surface area (Å²) in [5.74, 6) is 1.42. The van der Waals surface area contributed by atoms with Crippen molar-refractivity contribution in [3.8, 4) is 0 Å². The molecule has 2 aromatic heterocycles. The Morgan fingerprint density at radius 2 is 2.14 bits per heavy atom. The lowest BCUT2D eigenvalue weighted by molar-refractivity contribution is 0.393. The Morgan fingerprint density at radius 3 is 2.86 bits per heavy atom. The number of benzene rings is 1. The van der Waals surface area contributed by atoms with Crippen molar-refractivity contribution >= 4 is 22.7 Å². The Bertz CT molecular complexity index is 854. The number of hydrogen-bond acceptors (Lipinski definition) is 5. The summed E-state index contributed by atoms with van der Waals surface area (Å²) < 4.78 is 6.82. The number of fused-ring (bicyclic) bond motifs is 1. The van der Waals surface area contributed by atoms with Gasteiger partial charge in [-0.3, -0.25) is 9.36 Å². The maximum absolute atomic E-state index is 12.6. The molecular formula is C16H17N3O2S. The fourth-order valence-electron chi connectivity index (χ4n) is 2.30. The standard InChI is InChI=1S/C16H17N3O2S/c1-3-8-19-15(20)13-6-4-5-7-14(13)17-16(19)22-10-12-9-11(2)21-18-12/h4-7,9H,3,8,10H2,1-2H3. The van der Waals surface area contributed by atoms with Crippen molar-refractivity contribution in [2.75, 3.05) is 0 Å². The molecule has 0 fully saturated rings. The Hall–Kier alpha value is -2.08. The molecule has 5 nitrogen and oxygen atoms in total. The van der Waals surface area contributed by atoms with Gasteiger partial charge in [0, 0.05) is 18.4 Å². The van der Waals surface area contributed by atoms with Gasteiger partial charge >= 0.3 is 0 Å². The minimum Gasteiger partial charge on any atom is -0.361 e. The SMILES string of the molecule is CCCn1c(SCc2cc(C)on2)nc2ccccc2c1=O. The predicted octanol–water partition coefficient (Wildman–Crippen LogP) is 3.40. The van der Waals surface area contributed by atoms with E-state index < -0.39 is 0 Å². The lowest BCUT2D eigenvalue weighted by atomic mass is 10.2. The summed E-state index contributed by atoms with van der Waals surface area (Å²) in [5.41, 5.74) is 1.61. The molecule has 22 heavy (non-hydrogen) atoms. The van der Waals surface area contributed by atoms with Crippen LogP contribution in [0.5, 0.6) is 0 Å². The predicted molar refractivity (Wildman–Crippen MR) is 87.1 cm³/mol. The van der Waals surface area contributed by atoms with E-state index in [1.165, 1.54) is 11.8 Å². The van der Waals surface area contributed by atoms with Crippen molar-refractivity contribution in [1.29, 1.82) is 0 Å².